The van der Waals surface area contributed by atoms with Gasteiger partial charge < -0.3 is 10.4 Å². The number of imidazole rings is 1. The van der Waals surface area contributed by atoms with Crippen molar-refractivity contribution in [3.05, 3.63) is 47.5 Å². The summed E-state index contributed by atoms with van der Waals surface area (Å²) in [6.45, 7) is 2.39. The monoisotopic (exact) mass is 285 g/mol. The number of carboxylic acids is 1. The summed E-state index contributed by atoms with van der Waals surface area (Å²) in [5, 5.41) is 16.7. The number of aromatic carboxylic acids is 1. The van der Waals surface area contributed by atoms with Crippen molar-refractivity contribution in [2.24, 2.45) is 7.05 Å². The van der Waals surface area contributed by atoms with Gasteiger partial charge in [-0.15, -0.1) is 0 Å². The van der Waals surface area contributed by atoms with Crippen LogP contribution in [-0.2, 0) is 13.6 Å². The Morgan fingerprint density at radius 1 is 1.43 bits per heavy atom. The minimum atomic E-state index is -1.01. The van der Waals surface area contributed by atoms with E-state index in [1.54, 1.807) is 27.4 Å². The van der Waals surface area contributed by atoms with Crippen molar-refractivity contribution in [3.63, 3.8) is 0 Å². The lowest BCUT2D eigenvalue weighted by atomic mass is 10.2. The first-order chi connectivity index (χ1) is 10.1. The van der Waals surface area contributed by atoms with Gasteiger partial charge in [-0.05, 0) is 19.1 Å². The van der Waals surface area contributed by atoms with Crippen LogP contribution < -0.4 is 5.32 Å². The number of nitrogens with one attached hydrogen (secondary N) is 1. The van der Waals surface area contributed by atoms with Gasteiger partial charge in [0.05, 0.1) is 5.69 Å². The third kappa shape index (κ3) is 2.33. The number of anilines is 1. The Balaban J connectivity index is 1.95. The molecular weight excluding hydrogens is 270 g/mol. The van der Waals surface area contributed by atoms with Crippen molar-refractivity contribution in [1.82, 2.24) is 19.2 Å². The van der Waals surface area contributed by atoms with Gasteiger partial charge in [0.1, 0.15) is 5.65 Å². The Kier molecular flexibility index (Phi) is 3.09. The average Bonchev–Trinajstić information content (AvgIpc) is 2.95. The van der Waals surface area contributed by atoms with Gasteiger partial charge >= 0.3 is 5.97 Å². The highest BCUT2D eigenvalue weighted by Crippen LogP contribution is 2.19. The third-order valence-corrected chi connectivity index (χ3v) is 3.29. The van der Waals surface area contributed by atoms with Crippen LogP contribution in [0.3, 0.4) is 0 Å². The highest BCUT2D eigenvalue weighted by molar-refractivity contribution is 5.92. The van der Waals surface area contributed by atoms with Crippen LogP contribution in [-0.4, -0.2) is 30.2 Å². The standard InChI is InChI=1S/C14H15N5O2/c1-9-10(8-18(2)17-9)7-15-13-12(14(20)21)19-6-4-3-5-11(19)16-13/h3-6,8,15H,7H2,1-2H3,(H,20,21). The van der Waals surface area contributed by atoms with E-state index in [9.17, 15) is 9.90 Å². The molecule has 0 aliphatic carbocycles. The number of fused-ring (bicyclic) bond motifs is 1. The molecule has 3 rings (SSSR count). The molecule has 3 aromatic heterocycles. The number of hydrogen-bond donors (Lipinski definition) is 2. The summed E-state index contributed by atoms with van der Waals surface area (Å²) in [6, 6.07) is 5.37. The van der Waals surface area contributed by atoms with Gasteiger partial charge in [-0.1, -0.05) is 6.07 Å². The van der Waals surface area contributed by atoms with Crippen LogP contribution in [0.25, 0.3) is 5.65 Å². The molecule has 7 heteroatoms. The van der Waals surface area contributed by atoms with Crippen molar-refractivity contribution >= 4 is 17.4 Å². The number of aryl methyl sites for hydroxylation is 2. The molecule has 7 nitrogen and oxygen atoms in total. The van der Waals surface area contributed by atoms with E-state index in [-0.39, 0.29) is 5.69 Å². The SMILES string of the molecule is Cc1nn(C)cc1CNc1nc2ccccn2c1C(=O)O. The summed E-state index contributed by atoms with van der Waals surface area (Å²) in [5.41, 5.74) is 2.64. The first-order valence-corrected chi connectivity index (χ1v) is 6.49. The zero-order chi connectivity index (χ0) is 15.0. The van der Waals surface area contributed by atoms with Crippen LogP contribution in [0.4, 0.5) is 5.82 Å². The zero-order valence-corrected chi connectivity index (χ0v) is 11.7. The topological polar surface area (TPSA) is 84.5 Å². The first-order valence-electron chi connectivity index (χ1n) is 6.49. The second kappa shape index (κ2) is 4.93. The molecule has 2 N–H and O–H groups in total. The first kappa shape index (κ1) is 13.2. The number of pyridine rings is 1. The van der Waals surface area contributed by atoms with E-state index >= 15 is 0 Å². The number of hydrogen-bond acceptors (Lipinski definition) is 4. The Bertz CT molecular complexity index is 818. The van der Waals surface area contributed by atoms with Crippen LogP contribution in [0.2, 0.25) is 0 Å². The second-order valence-electron chi connectivity index (χ2n) is 4.81. The average molecular weight is 285 g/mol. The van der Waals surface area contributed by atoms with Gasteiger partial charge in [0.25, 0.3) is 0 Å². The Morgan fingerprint density at radius 2 is 2.24 bits per heavy atom. The molecule has 0 saturated heterocycles. The molecule has 0 aromatic carbocycles. The van der Waals surface area contributed by atoms with Gasteiger partial charge in [-0.2, -0.15) is 5.10 Å². The molecular formula is C14H15N5O2. The van der Waals surface area contributed by atoms with Crippen LogP contribution in [0, 0.1) is 6.92 Å². The molecule has 0 saturated carbocycles. The number of rotatable bonds is 4. The third-order valence-electron chi connectivity index (χ3n) is 3.29. The molecule has 0 spiro atoms. The number of carboxylic acid groups (broad SMARTS) is 1. The lowest BCUT2D eigenvalue weighted by molar-refractivity contribution is 0.0690. The Labute approximate surface area is 120 Å². The van der Waals surface area contributed by atoms with Crippen LogP contribution in [0.15, 0.2) is 30.6 Å². The Hall–Kier alpha value is -2.83. The van der Waals surface area contributed by atoms with E-state index < -0.39 is 5.97 Å². The maximum atomic E-state index is 11.5. The molecule has 21 heavy (non-hydrogen) atoms. The fourth-order valence-electron chi connectivity index (χ4n) is 2.32. The maximum absolute atomic E-state index is 11.5. The summed E-state index contributed by atoms with van der Waals surface area (Å²) < 4.78 is 3.29. The zero-order valence-electron chi connectivity index (χ0n) is 11.7. The number of nitrogens with zero attached hydrogens (tertiary/aromatic N) is 4. The molecule has 0 radical (unpaired) electrons. The highest BCUT2D eigenvalue weighted by atomic mass is 16.4. The highest BCUT2D eigenvalue weighted by Gasteiger charge is 2.18. The van der Waals surface area contributed by atoms with Crippen molar-refractivity contribution in [2.75, 3.05) is 5.32 Å². The smallest absolute Gasteiger partial charge is 0.356 e. The van der Waals surface area contributed by atoms with Crippen LogP contribution >= 0.6 is 0 Å². The quantitative estimate of drug-likeness (QED) is 0.762. The van der Waals surface area contributed by atoms with E-state index in [0.29, 0.717) is 18.0 Å². The number of carbonyl (C=O) groups is 1. The van der Waals surface area contributed by atoms with E-state index in [4.69, 9.17) is 0 Å². The summed E-state index contributed by atoms with van der Waals surface area (Å²) in [4.78, 5) is 15.8. The minimum Gasteiger partial charge on any atom is -0.476 e. The van der Waals surface area contributed by atoms with E-state index in [1.165, 1.54) is 0 Å². The number of aromatic nitrogens is 4. The maximum Gasteiger partial charge on any atom is 0.356 e. The fraction of sp³-hybridized carbons (Fsp3) is 0.214. The predicted octanol–water partition coefficient (Wildman–Crippen LogP) is 1.69. The summed E-state index contributed by atoms with van der Waals surface area (Å²) in [5.74, 6) is -0.656. The summed E-state index contributed by atoms with van der Waals surface area (Å²) in [7, 11) is 1.85. The van der Waals surface area contributed by atoms with Crippen molar-refractivity contribution in [1.29, 1.82) is 0 Å². The lowest BCUT2D eigenvalue weighted by Crippen LogP contribution is -2.08. The van der Waals surface area contributed by atoms with Crippen LogP contribution in [0.1, 0.15) is 21.7 Å². The van der Waals surface area contributed by atoms with Crippen LogP contribution in [0.5, 0.6) is 0 Å². The van der Waals surface area contributed by atoms with Crippen molar-refractivity contribution < 1.29 is 9.90 Å². The largest absolute Gasteiger partial charge is 0.476 e. The molecule has 108 valence electrons. The van der Waals surface area contributed by atoms with E-state index in [2.05, 4.69) is 15.4 Å². The molecule has 3 aromatic rings. The fourth-order valence-corrected chi connectivity index (χ4v) is 2.32. The van der Waals surface area contributed by atoms with E-state index in [1.807, 2.05) is 26.2 Å². The molecule has 0 bridgehead atoms. The molecule has 3 heterocycles. The van der Waals surface area contributed by atoms with Gasteiger partial charge in [0, 0.05) is 31.5 Å². The Morgan fingerprint density at radius 3 is 2.90 bits per heavy atom. The van der Waals surface area contributed by atoms with Crippen molar-refractivity contribution in [3.8, 4) is 0 Å². The van der Waals surface area contributed by atoms with Gasteiger partial charge in [-0.3, -0.25) is 9.08 Å². The molecule has 0 unspecified atom stereocenters. The van der Waals surface area contributed by atoms with Gasteiger partial charge in [0.15, 0.2) is 11.5 Å². The minimum absolute atomic E-state index is 0.132. The normalized spacial score (nSPS) is 11.0. The van der Waals surface area contributed by atoms with E-state index in [0.717, 1.165) is 11.3 Å². The molecule has 0 aliphatic heterocycles. The predicted molar refractivity (Wildman–Crippen MR) is 77.4 cm³/mol. The van der Waals surface area contributed by atoms with Crippen molar-refractivity contribution in [2.45, 2.75) is 13.5 Å². The molecule has 0 fully saturated rings. The summed E-state index contributed by atoms with van der Waals surface area (Å²) in [6.07, 6.45) is 3.59. The molecule has 0 aliphatic rings. The summed E-state index contributed by atoms with van der Waals surface area (Å²) >= 11 is 0. The molecule has 0 atom stereocenters. The van der Waals surface area contributed by atoms with Gasteiger partial charge in [0.2, 0.25) is 0 Å². The molecule has 0 amide bonds. The second-order valence-corrected chi connectivity index (χ2v) is 4.81. The van der Waals surface area contributed by atoms with Gasteiger partial charge in [-0.25, -0.2) is 9.78 Å². The lowest BCUT2D eigenvalue weighted by Gasteiger charge is -2.03.